The van der Waals surface area contributed by atoms with Crippen LogP contribution in [0.5, 0.6) is 0 Å². The second kappa shape index (κ2) is 7.28. The molecule has 0 radical (unpaired) electrons. The Morgan fingerprint density at radius 3 is 2.60 bits per heavy atom. The van der Waals surface area contributed by atoms with Crippen LogP contribution in [0.15, 0.2) is 48.7 Å². The molecule has 0 atom stereocenters. The first-order valence-electron chi connectivity index (χ1n) is 6.81. The number of nitrogens with zero attached hydrogens (tertiary/aromatic N) is 1. The Morgan fingerprint density at radius 2 is 1.95 bits per heavy atom. The minimum Gasteiger partial charge on any atom is -0.337 e. The summed E-state index contributed by atoms with van der Waals surface area (Å²) in [6, 6.07) is 13.4. The molecule has 1 aromatic heterocycles. The number of aryl methyl sites for hydroxylation is 1. The summed E-state index contributed by atoms with van der Waals surface area (Å²) in [6.45, 7) is 2.67. The number of anilines is 1. The average molecular weight is 269 g/mol. The monoisotopic (exact) mass is 269 g/mol. The van der Waals surface area contributed by atoms with Crippen molar-refractivity contribution in [3.05, 3.63) is 59.9 Å². The van der Waals surface area contributed by atoms with Crippen LogP contribution in [0, 0.1) is 0 Å². The second-order valence-electron chi connectivity index (χ2n) is 4.50. The van der Waals surface area contributed by atoms with E-state index in [0.717, 1.165) is 24.2 Å². The van der Waals surface area contributed by atoms with E-state index in [0.29, 0.717) is 6.54 Å². The summed E-state index contributed by atoms with van der Waals surface area (Å²) in [7, 11) is 0. The highest BCUT2D eigenvalue weighted by atomic mass is 16.2. The Hall–Kier alpha value is -2.36. The van der Waals surface area contributed by atoms with Gasteiger partial charge < -0.3 is 10.6 Å². The molecular weight excluding hydrogens is 250 g/mol. The van der Waals surface area contributed by atoms with Crippen molar-refractivity contribution in [2.24, 2.45) is 0 Å². The molecule has 0 aliphatic heterocycles. The predicted molar refractivity (Wildman–Crippen MR) is 80.8 cm³/mol. The van der Waals surface area contributed by atoms with Crippen LogP contribution in [0.25, 0.3) is 0 Å². The average Bonchev–Trinajstić information content (AvgIpc) is 2.49. The largest absolute Gasteiger partial charge is 0.337 e. The quantitative estimate of drug-likeness (QED) is 0.876. The number of benzene rings is 1. The van der Waals surface area contributed by atoms with E-state index in [9.17, 15) is 4.79 Å². The lowest BCUT2D eigenvalue weighted by molar-refractivity contribution is 0.252. The maximum atomic E-state index is 11.7. The third-order valence-electron chi connectivity index (χ3n) is 3.01. The maximum absolute atomic E-state index is 11.7. The van der Waals surface area contributed by atoms with Crippen molar-refractivity contribution in [1.29, 1.82) is 0 Å². The first-order valence-corrected chi connectivity index (χ1v) is 6.81. The fraction of sp³-hybridized carbons (Fsp3) is 0.250. The Bertz CT molecular complexity index is 537. The number of carbonyl (C=O) groups is 1. The van der Waals surface area contributed by atoms with Crippen LogP contribution < -0.4 is 10.6 Å². The Morgan fingerprint density at radius 1 is 1.15 bits per heavy atom. The van der Waals surface area contributed by atoms with E-state index in [-0.39, 0.29) is 6.03 Å². The second-order valence-corrected chi connectivity index (χ2v) is 4.50. The summed E-state index contributed by atoms with van der Waals surface area (Å²) in [5.41, 5.74) is 3.03. The Balaban J connectivity index is 1.74. The molecule has 0 bridgehead atoms. The molecule has 2 N–H and O–H groups in total. The van der Waals surface area contributed by atoms with Gasteiger partial charge in [-0.3, -0.25) is 4.98 Å². The van der Waals surface area contributed by atoms with E-state index in [2.05, 4.69) is 22.5 Å². The number of rotatable bonds is 5. The molecule has 0 aliphatic carbocycles. The number of hydrogen-bond donors (Lipinski definition) is 2. The molecule has 104 valence electrons. The fourth-order valence-corrected chi connectivity index (χ4v) is 1.85. The Labute approximate surface area is 119 Å². The highest BCUT2D eigenvalue weighted by molar-refractivity contribution is 5.89. The molecule has 1 aromatic carbocycles. The van der Waals surface area contributed by atoms with E-state index in [1.54, 1.807) is 6.20 Å². The Kier molecular flexibility index (Phi) is 5.12. The summed E-state index contributed by atoms with van der Waals surface area (Å²) in [5.74, 6) is 0. The smallest absolute Gasteiger partial charge is 0.319 e. The van der Waals surface area contributed by atoms with Crippen molar-refractivity contribution in [3.63, 3.8) is 0 Å². The molecule has 2 aromatic rings. The number of nitrogens with one attached hydrogen (secondary N) is 2. The highest BCUT2D eigenvalue weighted by Gasteiger charge is 2.01. The number of urea groups is 1. The van der Waals surface area contributed by atoms with Gasteiger partial charge in [0.05, 0.1) is 0 Å². The van der Waals surface area contributed by atoms with E-state index in [1.165, 1.54) is 5.56 Å². The lowest BCUT2D eigenvalue weighted by Crippen LogP contribution is -2.30. The molecule has 4 heteroatoms. The zero-order chi connectivity index (χ0) is 14.2. The molecule has 0 saturated carbocycles. The number of aromatic nitrogens is 1. The first kappa shape index (κ1) is 14.1. The van der Waals surface area contributed by atoms with Crippen molar-refractivity contribution in [2.45, 2.75) is 19.8 Å². The van der Waals surface area contributed by atoms with Gasteiger partial charge in [0.1, 0.15) is 0 Å². The van der Waals surface area contributed by atoms with Crippen molar-refractivity contribution < 1.29 is 4.79 Å². The van der Waals surface area contributed by atoms with Crippen LogP contribution in [-0.2, 0) is 12.8 Å². The molecule has 20 heavy (non-hydrogen) atoms. The van der Waals surface area contributed by atoms with Crippen molar-refractivity contribution in [3.8, 4) is 0 Å². The molecule has 1 heterocycles. The lowest BCUT2D eigenvalue weighted by atomic mass is 10.1. The topological polar surface area (TPSA) is 54.0 Å². The highest BCUT2D eigenvalue weighted by Crippen LogP contribution is 2.09. The van der Waals surface area contributed by atoms with Crippen LogP contribution >= 0.6 is 0 Å². The van der Waals surface area contributed by atoms with Crippen LogP contribution in [0.4, 0.5) is 10.5 Å². The van der Waals surface area contributed by atoms with Gasteiger partial charge in [-0.25, -0.2) is 4.79 Å². The zero-order valence-electron chi connectivity index (χ0n) is 11.6. The number of carbonyl (C=O) groups excluding carboxylic acids is 1. The minimum absolute atomic E-state index is 0.190. The summed E-state index contributed by atoms with van der Waals surface area (Å²) < 4.78 is 0. The standard InChI is InChI=1S/C16H19N3O/c1-2-13-6-8-15(9-7-13)19-16(20)18-12-10-14-5-3-4-11-17-14/h3-9,11H,2,10,12H2,1H3,(H2,18,19,20). The van der Waals surface area contributed by atoms with Crippen LogP contribution in [0.3, 0.4) is 0 Å². The SMILES string of the molecule is CCc1ccc(NC(=O)NCCc2ccccn2)cc1. The van der Waals surface area contributed by atoms with Crippen molar-refractivity contribution in [2.75, 3.05) is 11.9 Å². The van der Waals surface area contributed by atoms with Crippen LogP contribution in [0.1, 0.15) is 18.2 Å². The normalized spacial score (nSPS) is 10.1. The molecular formula is C16H19N3O. The fourth-order valence-electron chi connectivity index (χ4n) is 1.85. The lowest BCUT2D eigenvalue weighted by Gasteiger charge is -2.08. The summed E-state index contributed by atoms with van der Waals surface area (Å²) >= 11 is 0. The van der Waals surface area contributed by atoms with E-state index in [4.69, 9.17) is 0 Å². The zero-order valence-corrected chi connectivity index (χ0v) is 11.6. The van der Waals surface area contributed by atoms with Gasteiger partial charge in [-0.15, -0.1) is 0 Å². The molecule has 0 fully saturated rings. The van der Waals surface area contributed by atoms with Crippen LogP contribution in [0.2, 0.25) is 0 Å². The summed E-state index contributed by atoms with van der Waals surface area (Å²) in [5, 5.41) is 5.63. The molecule has 4 nitrogen and oxygen atoms in total. The molecule has 2 rings (SSSR count). The third kappa shape index (κ3) is 4.39. The van der Waals surface area contributed by atoms with Crippen molar-refractivity contribution >= 4 is 11.7 Å². The van der Waals surface area contributed by atoms with Crippen molar-refractivity contribution in [1.82, 2.24) is 10.3 Å². The number of pyridine rings is 1. The van der Waals surface area contributed by atoms with E-state index >= 15 is 0 Å². The van der Waals surface area contributed by atoms with Gasteiger partial charge in [0.15, 0.2) is 0 Å². The third-order valence-corrected chi connectivity index (χ3v) is 3.01. The summed E-state index contributed by atoms with van der Waals surface area (Å²) in [6.07, 6.45) is 3.48. The molecule has 2 amide bonds. The molecule has 0 unspecified atom stereocenters. The van der Waals surface area contributed by atoms with Gasteiger partial charge in [-0.1, -0.05) is 25.1 Å². The summed E-state index contributed by atoms with van der Waals surface area (Å²) in [4.78, 5) is 15.9. The van der Waals surface area contributed by atoms with Crippen LogP contribution in [-0.4, -0.2) is 17.6 Å². The molecule has 0 aliphatic rings. The van der Waals surface area contributed by atoms with Gasteiger partial charge >= 0.3 is 6.03 Å². The van der Waals surface area contributed by atoms with Gasteiger partial charge in [0, 0.05) is 30.5 Å². The van der Waals surface area contributed by atoms with Gasteiger partial charge in [0.25, 0.3) is 0 Å². The first-order chi connectivity index (χ1) is 9.78. The molecule has 0 spiro atoms. The number of amides is 2. The van der Waals surface area contributed by atoms with Gasteiger partial charge in [0.2, 0.25) is 0 Å². The van der Waals surface area contributed by atoms with Gasteiger partial charge in [-0.05, 0) is 36.2 Å². The maximum Gasteiger partial charge on any atom is 0.319 e. The predicted octanol–water partition coefficient (Wildman–Crippen LogP) is 3.01. The van der Waals surface area contributed by atoms with Gasteiger partial charge in [-0.2, -0.15) is 0 Å². The molecule has 0 saturated heterocycles. The van der Waals surface area contributed by atoms with E-state index < -0.39 is 0 Å². The minimum atomic E-state index is -0.190. The number of hydrogen-bond acceptors (Lipinski definition) is 2. The van der Waals surface area contributed by atoms with E-state index in [1.807, 2.05) is 42.5 Å².